The molecule has 1 aromatic carbocycles. The van der Waals surface area contributed by atoms with Gasteiger partial charge in [-0.1, -0.05) is 6.07 Å². The van der Waals surface area contributed by atoms with Gasteiger partial charge in [0.1, 0.15) is 23.2 Å². The lowest BCUT2D eigenvalue weighted by atomic mass is 9.99. The van der Waals surface area contributed by atoms with E-state index in [1.54, 1.807) is 6.07 Å². The van der Waals surface area contributed by atoms with E-state index in [0.29, 0.717) is 24.2 Å². The quantitative estimate of drug-likeness (QED) is 0.494. The maximum atomic E-state index is 14.2. The Labute approximate surface area is 165 Å². The van der Waals surface area contributed by atoms with Gasteiger partial charge in [0.05, 0.1) is 17.4 Å². The summed E-state index contributed by atoms with van der Waals surface area (Å²) < 4.78 is 64.4. The number of amides is 1. The van der Waals surface area contributed by atoms with Crippen molar-refractivity contribution in [2.75, 3.05) is 6.54 Å². The largest absolute Gasteiger partial charge is 0.458 e. The Hall–Kier alpha value is -3.63. The zero-order valence-electron chi connectivity index (χ0n) is 15.0. The first-order valence-corrected chi connectivity index (χ1v) is 8.86. The van der Waals surface area contributed by atoms with E-state index in [2.05, 4.69) is 15.0 Å². The topological polar surface area (TPSA) is 88.2 Å². The van der Waals surface area contributed by atoms with Crippen molar-refractivity contribution in [3.05, 3.63) is 71.4 Å². The van der Waals surface area contributed by atoms with Crippen LogP contribution < -0.4 is 0 Å². The number of aromatic nitrogens is 3. The Morgan fingerprint density at radius 1 is 1.27 bits per heavy atom. The zero-order valence-corrected chi connectivity index (χ0v) is 15.0. The number of hydrogen-bond donors (Lipinski definition) is 1. The molecule has 0 saturated carbocycles. The minimum Gasteiger partial charge on any atom is -0.458 e. The summed E-state index contributed by atoms with van der Waals surface area (Å²) in [7, 11) is 0. The molecule has 0 saturated heterocycles. The normalized spacial score (nSPS) is 16.8. The fourth-order valence-electron chi connectivity index (χ4n) is 3.69. The summed E-state index contributed by atoms with van der Waals surface area (Å²) in [6.07, 6.45) is -2.53. The highest BCUT2D eigenvalue weighted by atomic mass is 19.4. The standard InChI is InChI=1S/C19H12F4N4O3/c20-10-2-1-3-12-9(10)6-13(30-12)15-14-11(24-7-25-14)4-5-27(15)18(28)16-17(19(21,22)23)26-8-29-16/h1-3,6-8,15H,4-5H2,(H,24,25)/t15-/m1/s1. The lowest BCUT2D eigenvalue weighted by Crippen LogP contribution is -2.41. The maximum Gasteiger partial charge on any atom is 0.437 e. The van der Waals surface area contributed by atoms with Crippen LogP contribution in [-0.2, 0) is 12.6 Å². The maximum absolute atomic E-state index is 14.2. The molecular formula is C19H12F4N4O3. The summed E-state index contributed by atoms with van der Waals surface area (Å²) in [6, 6.07) is 4.74. The zero-order chi connectivity index (χ0) is 21.0. The first kappa shape index (κ1) is 18.4. The summed E-state index contributed by atoms with van der Waals surface area (Å²) in [6.45, 7) is 0.0657. The molecule has 0 aliphatic carbocycles. The molecule has 1 atom stereocenters. The van der Waals surface area contributed by atoms with Gasteiger partial charge in [0, 0.05) is 18.7 Å². The van der Waals surface area contributed by atoms with Crippen LogP contribution in [0.25, 0.3) is 11.0 Å². The van der Waals surface area contributed by atoms with Crippen molar-refractivity contribution in [1.29, 1.82) is 0 Å². The van der Waals surface area contributed by atoms with Crippen LogP contribution in [0.3, 0.4) is 0 Å². The number of halogens is 4. The highest BCUT2D eigenvalue weighted by Gasteiger charge is 2.44. The number of benzene rings is 1. The highest BCUT2D eigenvalue weighted by molar-refractivity contribution is 5.93. The van der Waals surface area contributed by atoms with Gasteiger partial charge in [-0.3, -0.25) is 4.79 Å². The van der Waals surface area contributed by atoms with Gasteiger partial charge in [0.25, 0.3) is 5.91 Å². The van der Waals surface area contributed by atoms with Crippen molar-refractivity contribution in [2.45, 2.75) is 18.6 Å². The number of nitrogens with one attached hydrogen (secondary N) is 1. The average molecular weight is 420 g/mol. The molecule has 0 spiro atoms. The van der Waals surface area contributed by atoms with Gasteiger partial charge in [-0.25, -0.2) is 14.4 Å². The molecule has 4 aromatic rings. The fourth-order valence-corrected chi connectivity index (χ4v) is 3.69. The summed E-state index contributed by atoms with van der Waals surface area (Å²) >= 11 is 0. The van der Waals surface area contributed by atoms with E-state index >= 15 is 0 Å². The SMILES string of the molecule is O=C(c1ocnc1C(F)(F)F)N1CCc2[nH]cnc2[C@H]1c1cc2c(F)cccc2o1. The van der Waals surface area contributed by atoms with Gasteiger partial charge in [-0.05, 0) is 18.2 Å². The van der Waals surface area contributed by atoms with Gasteiger partial charge >= 0.3 is 6.18 Å². The lowest BCUT2D eigenvalue weighted by molar-refractivity contribution is -0.141. The van der Waals surface area contributed by atoms with Crippen molar-refractivity contribution in [3.63, 3.8) is 0 Å². The first-order valence-electron chi connectivity index (χ1n) is 8.86. The predicted octanol–water partition coefficient (Wildman–Crippen LogP) is 4.09. The number of carbonyl (C=O) groups is 1. The molecular weight excluding hydrogens is 408 g/mol. The number of nitrogens with zero attached hydrogens (tertiary/aromatic N) is 3. The number of alkyl halides is 3. The van der Waals surface area contributed by atoms with Gasteiger partial charge in [-0.15, -0.1) is 0 Å². The number of furan rings is 1. The summed E-state index contributed by atoms with van der Waals surface area (Å²) in [5.74, 6) is -2.29. The molecule has 0 radical (unpaired) electrons. The van der Waals surface area contributed by atoms with E-state index in [4.69, 9.17) is 8.83 Å². The van der Waals surface area contributed by atoms with Gasteiger partial charge in [-0.2, -0.15) is 13.2 Å². The van der Waals surface area contributed by atoms with Gasteiger partial charge < -0.3 is 18.7 Å². The van der Waals surface area contributed by atoms with E-state index < -0.39 is 35.4 Å². The number of aromatic amines is 1. The van der Waals surface area contributed by atoms with Gasteiger partial charge in [0.2, 0.25) is 5.76 Å². The Kier molecular flexibility index (Phi) is 3.95. The molecule has 4 heterocycles. The molecule has 7 nitrogen and oxygen atoms in total. The molecule has 11 heteroatoms. The second-order valence-corrected chi connectivity index (χ2v) is 6.75. The van der Waals surface area contributed by atoms with Crippen molar-refractivity contribution in [2.24, 2.45) is 0 Å². The Morgan fingerprint density at radius 2 is 2.10 bits per heavy atom. The summed E-state index contributed by atoms with van der Waals surface area (Å²) in [5, 5.41) is 0.193. The van der Waals surface area contributed by atoms with Crippen molar-refractivity contribution >= 4 is 16.9 Å². The average Bonchev–Trinajstić information content (AvgIpc) is 3.44. The molecule has 1 N–H and O–H groups in total. The van der Waals surface area contributed by atoms with E-state index in [-0.39, 0.29) is 23.3 Å². The van der Waals surface area contributed by atoms with Crippen LogP contribution in [0.5, 0.6) is 0 Å². The molecule has 154 valence electrons. The first-order chi connectivity index (χ1) is 14.3. The molecule has 3 aromatic heterocycles. The molecule has 0 bridgehead atoms. The number of imidazole rings is 1. The van der Waals surface area contributed by atoms with Gasteiger partial charge in [0.15, 0.2) is 12.1 Å². The third kappa shape index (κ3) is 2.77. The third-order valence-electron chi connectivity index (χ3n) is 5.01. The van der Waals surface area contributed by atoms with Crippen molar-refractivity contribution in [1.82, 2.24) is 19.9 Å². The molecule has 1 amide bonds. The minimum atomic E-state index is -4.86. The van der Waals surface area contributed by atoms with Crippen LogP contribution in [0, 0.1) is 5.82 Å². The molecule has 30 heavy (non-hydrogen) atoms. The van der Waals surface area contributed by atoms with Crippen LogP contribution in [0.1, 0.15) is 39.4 Å². The highest BCUT2D eigenvalue weighted by Crippen LogP contribution is 2.39. The Morgan fingerprint density at radius 3 is 2.87 bits per heavy atom. The number of H-pyrrole nitrogens is 1. The second kappa shape index (κ2) is 6.44. The fraction of sp³-hybridized carbons (Fsp3) is 0.211. The van der Waals surface area contributed by atoms with Crippen LogP contribution in [0.4, 0.5) is 17.6 Å². The molecule has 1 aliphatic rings. The third-order valence-corrected chi connectivity index (χ3v) is 5.01. The van der Waals surface area contributed by atoms with Crippen LogP contribution >= 0.6 is 0 Å². The van der Waals surface area contributed by atoms with E-state index in [1.807, 2.05) is 0 Å². The summed E-state index contributed by atoms with van der Waals surface area (Å²) in [4.78, 5) is 24.5. The Bertz CT molecular complexity index is 1260. The number of hydrogen-bond acceptors (Lipinski definition) is 5. The van der Waals surface area contributed by atoms with Crippen LogP contribution in [-0.4, -0.2) is 32.3 Å². The molecule has 0 fully saturated rings. The summed E-state index contributed by atoms with van der Waals surface area (Å²) in [5.41, 5.74) is -0.0499. The van der Waals surface area contributed by atoms with Crippen LogP contribution in [0.2, 0.25) is 0 Å². The number of fused-ring (bicyclic) bond motifs is 2. The predicted molar refractivity (Wildman–Crippen MR) is 92.8 cm³/mol. The molecule has 5 rings (SSSR count). The number of rotatable bonds is 2. The second-order valence-electron chi connectivity index (χ2n) is 6.75. The van der Waals surface area contributed by atoms with Crippen molar-refractivity contribution < 1.29 is 31.2 Å². The van der Waals surface area contributed by atoms with Crippen LogP contribution in [0.15, 0.2) is 45.8 Å². The van der Waals surface area contributed by atoms with E-state index in [1.165, 1.54) is 24.5 Å². The smallest absolute Gasteiger partial charge is 0.437 e. The van der Waals surface area contributed by atoms with E-state index in [0.717, 1.165) is 4.90 Å². The number of carbonyl (C=O) groups excluding carboxylic acids is 1. The monoisotopic (exact) mass is 420 g/mol. The molecule has 1 aliphatic heterocycles. The Balaban J connectivity index is 1.63. The van der Waals surface area contributed by atoms with Crippen molar-refractivity contribution in [3.8, 4) is 0 Å². The number of oxazole rings is 1. The minimum absolute atomic E-state index is 0.0657. The molecule has 0 unspecified atom stereocenters. The lowest BCUT2D eigenvalue weighted by Gasteiger charge is -2.33. The van der Waals surface area contributed by atoms with E-state index in [9.17, 15) is 22.4 Å².